The van der Waals surface area contributed by atoms with Gasteiger partial charge < -0.3 is 20.5 Å². The van der Waals surface area contributed by atoms with Gasteiger partial charge in [0.1, 0.15) is 6.04 Å². The van der Waals surface area contributed by atoms with Crippen molar-refractivity contribution in [3.8, 4) is 0 Å². The molecule has 0 saturated carbocycles. The zero-order chi connectivity index (χ0) is 12.8. The van der Waals surface area contributed by atoms with E-state index in [0.717, 1.165) is 0 Å². The summed E-state index contributed by atoms with van der Waals surface area (Å²) >= 11 is 0. The highest BCUT2D eigenvalue weighted by molar-refractivity contribution is 5.90. The molecule has 3 N–H and O–H groups in total. The largest absolute Gasteiger partial charge is 0.481 e. The van der Waals surface area contributed by atoms with Crippen molar-refractivity contribution in [3.05, 3.63) is 0 Å². The molecule has 0 aromatic heterocycles. The van der Waals surface area contributed by atoms with E-state index >= 15 is 0 Å². The van der Waals surface area contributed by atoms with Gasteiger partial charge in [0.05, 0.1) is 12.5 Å². The van der Waals surface area contributed by atoms with Crippen LogP contribution in [0.5, 0.6) is 0 Å². The normalized spacial score (nSPS) is 20.8. The number of aliphatic carboxylic acids is 1. The van der Waals surface area contributed by atoms with E-state index < -0.39 is 18.1 Å². The number of carboxylic acid groups (broad SMARTS) is 1. The second kappa shape index (κ2) is 6.19. The van der Waals surface area contributed by atoms with Crippen molar-refractivity contribution in [3.63, 3.8) is 0 Å². The first-order chi connectivity index (χ1) is 8.02. The number of carbonyl (C=O) groups excluding carboxylic acids is 2. The standard InChI is InChI=1S/C10H16N2O5/c1-17-6(4-9(14)15)5-11-10(16)7-2-3-8(13)12-7/h6-7H,2-5H2,1H3,(H,11,16)(H,12,13)(H,14,15)/t6?,7-/m0/s1. The third-order valence-electron chi connectivity index (χ3n) is 2.55. The van der Waals surface area contributed by atoms with Crippen LogP contribution in [0.3, 0.4) is 0 Å². The highest BCUT2D eigenvalue weighted by Gasteiger charge is 2.27. The van der Waals surface area contributed by atoms with Crippen molar-refractivity contribution >= 4 is 17.8 Å². The first kappa shape index (κ1) is 13.4. The predicted molar refractivity (Wildman–Crippen MR) is 57.2 cm³/mol. The van der Waals surface area contributed by atoms with E-state index in [9.17, 15) is 14.4 Å². The summed E-state index contributed by atoms with van der Waals surface area (Å²) < 4.78 is 4.91. The van der Waals surface area contributed by atoms with E-state index in [2.05, 4.69) is 10.6 Å². The van der Waals surface area contributed by atoms with E-state index in [-0.39, 0.29) is 24.8 Å². The first-order valence-electron chi connectivity index (χ1n) is 5.34. The lowest BCUT2D eigenvalue weighted by Gasteiger charge is -2.16. The molecule has 0 radical (unpaired) electrons. The monoisotopic (exact) mass is 244 g/mol. The van der Waals surface area contributed by atoms with Gasteiger partial charge in [-0.05, 0) is 6.42 Å². The van der Waals surface area contributed by atoms with Crippen LogP contribution in [-0.4, -0.2) is 48.7 Å². The van der Waals surface area contributed by atoms with Crippen LogP contribution in [0.4, 0.5) is 0 Å². The van der Waals surface area contributed by atoms with Gasteiger partial charge in [-0.25, -0.2) is 0 Å². The summed E-state index contributed by atoms with van der Waals surface area (Å²) in [7, 11) is 1.39. The van der Waals surface area contributed by atoms with Gasteiger partial charge >= 0.3 is 5.97 Å². The molecule has 96 valence electrons. The third-order valence-corrected chi connectivity index (χ3v) is 2.55. The van der Waals surface area contributed by atoms with E-state index in [4.69, 9.17) is 9.84 Å². The van der Waals surface area contributed by atoms with Crippen LogP contribution in [0.25, 0.3) is 0 Å². The van der Waals surface area contributed by atoms with Crippen LogP contribution in [-0.2, 0) is 19.1 Å². The van der Waals surface area contributed by atoms with Gasteiger partial charge in [0.2, 0.25) is 11.8 Å². The first-order valence-corrected chi connectivity index (χ1v) is 5.34. The maximum Gasteiger partial charge on any atom is 0.306 e. The summed E-state index contributed by atoms with van der Waals surface area (Å²) in [5.41, 5.74) is 0. The van der Waals surface area contributed by atoms with Gasteiger partial charge in [-0.1, -0.05) is 0 Å². The molecule has 7 nitrogen and oxygen atoms in total. The topological polar surface area (TPSA) is 105 Å². The Morgan fingerprint density at radius 2 is 2.35 bits per heavy atom. The summed E-state index contributed by atoms with van der Waals surface area (Å²) in [6.07, 6.45) is 0.0873. The average molecular weight is 244 g/mol. The van der Waals surface area contributed by atoms with Gasteiger partial charge in [0.15, 0.2) is 0 Å². The number of hydrogen-bond acceptors (Lipinski definition) is 4. The average Bonchev–Trinajstić information content (AvgIpc) is 2.70. The second-order valence-electron chi connectivity index (χ2n) is 3.86. The molecule has 1 aliphatic rings. The summed E-state index contributed by atoms with van der Waals surface area (Å²) in [4.78, 5) is 32.9. The quantitative estimate of drug-likeness (QED) is 0.548. The molecule has 1 saturated heterocycles. The zero-order valence-electron chi connectivity index (χ0n) is 9.56. The predicted octanol–water partition coefficient (Wildman–Crippen LogP) is -1.13. The van der Waals surface area contributed by atoms with Crippen LogP contribution >= 0.6 is 0 Å². The molecule has 0 aromatic carbocycles. The number of rotatable bonds is 6. The minimum Gasteiger partial charge on any atom is -0.481 e. The molecule has 2 atom stereocenters. The van der Waals surface area contributed by atoms with Crippen molar-refractivity contribution in [1.82, 2.24) is 10.6 Å². The minimum atomic E-state index is -0.986. The number of nitrogens with one attached hydrogen (secondary N) is 2. The number of carbonyl (C=O) groups is 3. The molecule has 0 aromatic rings. The molecule has 1 rings (SSSR count). The highest BCUT2D eigenvalue weighted by atomic mass is 16.5. The minimum absolute atomic E-state index is 0.119. The summed E-state index contributed by atoms with van der Waals surface area (Å²) in [5, 5.41) is 13.7. The molecule has 17 heavy (non-hydrogen) atoms. The van der Waals surface area contributed by atoms with Crippen LogP contribution in [0.15, 0.2) is 0 Å². The van der Waals surface area contributed by atoms with Crippen molar-refractivity contribution in [2.75, 3.05) is 13.7 Å². The summed E-state index contributed by atoms with van der Waals surface area (Å²) in [6, 6.07) is -0.509. The van der Waals surface area contributed by atoms with Crippen LogP contribution in [0.1, 0.15) is 19.3 Å². The Balaban J connectivity index is 2.31. The molecule has 0 bridgehead atoms. The molecular formula is C10H16N2O5. The number of carboxylic acids is 1. The Hall–Kier alpha value is -1.63. The van der Waals surface area contributed by atoms with E-state index in [1.54, 1.807) is 0 Å². The smallest absolute Gasteiger partial charge is 0.306 e. The molecule has 0 aliphatic carbocycles. The van der Waals surface area contributed by atoms with E-state index in [0.29, 0.717) is 12.8 Å². The van der Waals surface area contributed by atoms with E-state index in [1.165, 1.54) is 7.11 Å². The fraction of sp³-hybridized carbons (Fsp3) is 0.700. The van der Waals surface area contributed by atoms with Gasteiger partial charge in [-0.15, -0.1) is 0 Å². The van der Waals surface area contributed by atoms with Gasteiger partial charge in [-0.2, -0.15) is 0 Å². The second-order valence-corrected chi connectivity index (χ2v) is 3.86. The summed E-state index contributed by atoms with van der Waals surface area (Å²) in [5.74, 6) is -1.43. The molecular weight excluding hydrogens is 228 g/mol. The van der Waals surface area contributed by atoms with Crippen LogP contribution in [0, 0.1) is 0 Å². The van der Waals surface area contributed by atoms with Crippen molar-refractivity contribution in [2.24, 2.45) is 0 Å². The zero-order valence-corrected chi connectivity index (χ0v) is 9.56. The highest BCUT2D eigenvalue weighted by Crippen LogP contribution is 2.06. The number of amides is 2. The lowest BCUT2D eigenvalue weighted by Crippen LogP contribution is -2.44. The summed E-state index contributed by atoms with van der Waals surface area (Å²) in [6.45, 7) is 0.119. The Morgan fingerprint density at radius 1 is 1.65 bits per heavy atom. The molecule has 0 spiro atoms. The lowest BCUT2D eigenvalue weighted by atomic mass is 10.2. The maximum absolute atomic E-state index is 11.6. The number of methoxy groups -OCH3 is 1. The molecule has 1 heterocycles. The Labute approximate surface area is 98.5 Å². The molecule has 1 fully saturated rings. The van der Waals surface area contributed by atoms with Crippen molar-refractivity contribution in [2.45, 2.75) is 31.4 Å². The lowest BCUT2D eigenvalue weighted by molar-refractivity contribution is -0.140. The van der Waals surface area contributed by atoms with Gasteiger partial charge in [-0.3, -0.25) is 14.4 Å². The van der Waals surface area contributed by atoms with Crippen molar-refractivity contribution < 1.29 is 24.2 Å². The Bertz CT molecular complexity index is 318. The SMILES string of the molecule is COC(CNC(=O)[C@@H]1CCC(=O)N1)CC(=O)O. The Kier molecular flexibility index (Phi) is 4.89. The Morgan fingerprint density at radius 3 is 2.82 bits per heavy atom. The van der Waals surface area contributed by atoms with Crippen LogP contribution < -0.4 is 10.6 Å². The molecule has 1 unspecified atom stereocenters. The third kappa shape index (κ3) is 4.39. The number of ether oxygens (including phenoxy) is 1. The van der Waals surface area contributed by atoms with Crippen LogP contribution in [0.2, 0.25) is 0 Å². The van der Waals surface area contributed by atoms with Gasteiger partial charge in [0.25, 0.3) is 0 Å². The molecule has 1 aliphatic heterocycles. The molecule has 7 heteroatoms. The van der Waals surface area contributed by atoms with E-state index in [1.807, 2.05) is 0 Å². The fourth-order valence-electron chi connectivity index (χ4n) is 1.58. The fourth-order valence-corrected chi connectivity index (χ4v) is 1.58. The number of hydrogen-bond donors (Lipinski definition) is 3. The molecule has 2 amide bonds. The van der Waals surface area contributed by atoms with Gasteiger partial charge in [0, 0.05) is 20.1 Å². The maximum atomic E-state index is 11.6. The van der Waals surface area contributed by atoms with Crippen molar-refractivity contribution in [1.29, 1.82) is 0 Å².